The lowest BCUT2D eigenvalue weighted by Crippen LogP contribution is -2.26. The molecule has 0 bridgehead atoms. The second-order valence-electron chi connectivity index (χ2n) is 7.28. The highest BCUT2D eigenvalue weighted by Gasteiger charge is 2.47. The van der Waals surface area contributed by atoms with Crippen molar-refractivity contribution < 1.29 is 9.18 Å². The molecule has 1 unspecified atom stereocenters. The standard InChI is InChI=1S/C18H17FIN3O2/c1-18(2)7-11-13(15(18)24)12(8-4-5-9(19)10(20)6-8)14-16(21-11)23(3)22-17(14)25/h4-6,12,21H,7H2,1-3H3,(H,22,25). The largest absolute Gasteiger partial charge is 0.343 e. The molecule has 2 aliphatic rings. The van der Waals surface area contributed by atoms with Crippen molar-refractivity contribution in [2.45, 2.75) is 26.2 Å². The van der Waals surface area contributed by atoms with Crippen molar-refractivity contribution in [3.8, 4) is 0 Å². The maximum atomic E-state index is 13.7. The molecule has 25 heavy (non-hydrogen) atoms. The molecule has 2 heterocycles. The number of ketones is 1. The van der Waals surface area contributed by atoms with Gasteiger partial charge in [-0.3, -0.25) is 19.4 Å². The number of anilines is 1. The maximum Gasteiger partial charge on any atom is 0.270 e. The van der Waals surface area contributed by atoms with Gasteiger partial charge in [-0.1, -0.05) is 19.9 Å². The molecule has 0 fully saturated rings. The minimum absolute atomic E-state index is 0.0354. The van der Waals surface area contributed by atoms with Gasteiger partial charge in [0, 0.05) is 39.6 Å². The van der Waals surface area contributed by atoms with Crippen molar-refractivity contribution in [2.75, 3.05) is 5.32 Å². The summed E-state index contributed by atoms with van der Waals surface area (Å²) in [5.74, 6) is -0.0980. The predicted octanol–water partition coefficient (Wildman–Crippen LogP) is 3.27. The first-order chi connectivity index (χ1) is 11.7. The monoisotopic (exact) mass is 453 g/mol. The Balaban J connectivity index is 1.99. The number of carbonyl (C=O) groups is 1. The lowest BCUT2D eigenvalue weighted by molar-refractivity contribution is -0.122. The molecule has 5 nitrogen and oxygen atoms in total. The Hall–Kier alpha value is -1.90. The van der Waals surface area contributed by atoms with Gasteiger partial charge in [0.25, 0.3) is 5.56 Å². The lowest BCUT2D eigenvalue weighted by atomic mass is 9.79. The second kappa shape index (κ2) is 5.30. The van der Waals surface area contributed by atoms with Gasteiger partial charge < -0.3 is 5.32 Å². The van der Waals surface area contributed by atoms with E-state index in [1.54, 1.807) is 23.9 Å². The molecule has 1 aliphatic heterocycles. The summed E-state index contributed by atoms with van der Waals surface area (Å²) in [6.45, 7) is 3.82. The average Bonchev–Trinajstić information content (AvgIpc) is 2.94. The number of rotatable bonds is 1. The quantitative estimate of drug-likeness (QED) is 0.652. The number of aromatic amines is 1. The highest BCUT2D eigenvalue weighted by molar-refractivity contribution is 14.1. The van der Waals surface area contributed by atoms with Crippen molar-refractivity contribution in [2.24, 2.45) is 12.5 Å². The SMILES string of the molecule is Cn1[nH]c(=O)c2c1NC1=C(C(=O)C(C)(C)C1)C2c1ccc(F)c(I)c1. The highest BCUT2D eigenvalue weighted by Crippen LogP contribution is 2.50. The summed E-state index contributed by atoms with van der Waals surface area (Å²) in [6, 6.07) is 4.76. The molecule has 0 spiro atoms. The summed E-state index contributed by atoms with van der Waals surface area (Å²) in [4.78, 5) is 25.6. The van der Waals surface area contributed by atoms with E-state index in [0.717, 1.165) is 11.3 Å². The van der Waals surface area contributed by atoms with E-state index in [1.807, 2.05) is 36.4 Å². The second-order valence-corrected chi connectivity index (χ2v) is 8.44. The van der Waals surface area contributed by atoms with Crippen LogP contribution in [0.25, 0.3) is 0 Å². The number of carbonyl (C=O) groups excluding carboxylic acids is 1. The van der Waals surface area contributed by atoms with Crippen molar-refractivity contribution in [1.29, 1.82) is 0 Å². The van der Waals surface area contributed by atoms with Crippen LogP contribution in [-0.4, -0.2) is 15.6 Å². The van der Waals surface area contributed by atoms with Crippen LogP contribution in [0.2, 0.25) is 0 Å². The number of H-pyrrole nitrogens is 1. The molecule has 130 valence electrons. The highest BCUT2D eigenvalue weighted by atomic mass is 127. The number of nitrogens with zero attached hydrogens (tertiary/aromatic N) is 1. The number of hydrogen-bond acceptors (Lipinski definition) is 3. The van der Waals surface area contributed by atoms with Crippen LogP contribution in [-0.2, 0) is 11.8 Å². The first-order valence-corrected chi connectivity index (χ1v) is 9.07. The van der Waals surface area contributed by atoms with Gasteiger partial charge in [-0.15, -0.1) is 0 Å². The van der Waals surface area contributed by atoms with Crippen molar-refractivity contribution >= 4 is 34.2 Å². The van der Waals surface area contributed by atoms with E-state index in [-0.39, 0.29) is 17.2 Å². The molecule has 0 radical (unpaired) electrons. The Labute approximate surface area is 157 Å². The molecule has 2 N–H and O–H groups in total. The number of aryl methyl sites for hydroxylation is 1. The number of halogens is 2. The van der Waals surface area contributed by atoms with Gasteiger partial charge in [0.2, 0.25) is 0 Å². The summed E-state index contributed by atoms with van der Waals surface area (Å²) in [5.41, 5.74) is 1.98. The zero-order valence-corrected chi connectivity index (χ0v) is 16.2. The summed E-state index contributed by atoms with van der Waals surface area (Å²) in [7, 11) is 1.76. The van der Waals surface area contributed by atoms with E-state index >= 15 is 0 Å². The van der Waals surface area contributed by atoms with Crippen molar-refractivity contribution in [3.63, 3.8) is 0 Å². The number of fused-ring (bicyclic) bond motifs is 1. The number of benzene rings is 1. The molecule has 0 amide bonds. The zero-order valence-electron chi connectivity index (χ0n) is 14.0. The van der Waals surface area contributed by atoms with Crippen LogP contribution in [0.3, 0.4) is 0 Å². The molecule has 0 saturated heterocycles. The fourth-order valence-corrected chi connectivity index (χ4v) is 4.36. The smallest absolute Gasteiger partial charge is 0.270 e. The third-order valence-electron chi connectivity index (χ3n) is 5.03. The Bertz CT molecular complexity index is 1020. The molecule has 1 aliphatic carbocycles. The minimum atomic E-state index is -0.516. The van der Waals surface area contributed by atoms with E-state index < -0.39 is 11.3 Å². The van der Waals surface area contributed by atoms with Gasteiger partial charge in [-0.2, -0.15) is 0 Å². The zero-order chi connectivity index (χ0) is 18.1. The van der Waals surface area contributed by atoms with E-state index in [1.165, 1.54) is 6.07 Å². The van der Waals surface area contributed by atoms with Crippen LogP contribution < -0.4 is 10.9 Å². The molecule has 1 atom stereocenters. The normalized spacial score (nSPS) is 21.2. The molecule has 1 aromatic heterocycles. The topological polar surface area (TPSA) is 66.9 Å². The number of hydrogen-bond donors (Lipinski definition) is 2. The molecule has 7 heteroatoms. The van der Waals surface area contributed by atoms with Gasteiger partial charge in [0.05, 0.1) is 5.56 Å². The minimum Gasteiger partial charge on any atom is -0.343 e. The Morgan fingerprint density at radius 2 is 2.04 bits per heavy atom. The molecular formula is C18H17FIN3O2. The molecule has 4 rings (SSSR count). The Kier molecular flexibility index (Phi) is 3.51. The number of nitrogens with one attached hydrogen (secondary N) is 2. The van der Waals surface area contributed by atoms with Crippen LogP contribution in [0, 0.1) is 14.8 Å². The maximum absolute atomic E-state index is 13.7. The van der Waals surface area contributed by atoms with Gasteiger partial charge in [0.15, 0.2) is 5.78 Å². The summed E-state index contributed by atoms with van der Waals surface area (Å²) < 4.78 is 15.8. The van der Waals surface area contributed by atoms with Crippen LogP contribution in [0.4, 0.5) is 10.2 Å². The van der Waals surface area contributed by atoms with E-state index in [2.05, 4.69) is 10.4 Å². The van der Waals surface area contributed by atoms with Crippen LogP contribution in [0.1, 0.15) is 37.3 Å². The van der Waals surface area contributed by atoms with Gasteiger partial charge >= 0.3 is 0 Å². The average molecular weight is 453 g/mol. The number of Topliss-reactive ketones (excluding diaryl/α,β-unsaturated/α-hetero) is 1. The predicted molar refractivity (Wildman–Crippen MR) is 101 cm³/mol. The van der Waals surface area contributed by atoms with Gasteiger partial charge in [-0.05, 0) is 40.3 Å². The van der Waals surface area contributed by atoms with Gasteiger partial charge in [-0.25, -0.2) is 4.39 Å². The molecule has 1 aromatic carbocycles. The van der Waals surface area contributed by atoms with Crippen LogP contribution in [0.15, 0.2) is 34.3 Å². The third-order valence-corrected chi connectivity index (χ3v) is 5.86. The molecular weight excluding hydrogens is 436 g/mol. The van der Waals surface area contributed by atoms with E-state index in [4.69, 9.17) is 0 Å². The third kappa shape index (κ3) is 2.32. The summed E-state index contributed by atoms with van der Waals surface area (Å²) in [5, 5.41) is 6.03. The Morgan fingerprint density at radius 1 is 1.32 bits per heavy atom. The Morgan fingerprint density at radius 3 is 2.72 bits per heavy atom. The number of aromatic nitrogens is 2. The molecule has 2 aromatic rings. The van der Waals surface area contributed by atoms with Crippen molar-refractivity contribution in [3.05, 3.63) is 60.3 Å². The van der Waals surface area contributed by atoms with Crippen LogP contribution in [0.5, 0.6) is 0 Å². The molecule has 0 saturated carbocycles. The first kappa shape index (κ1) is 16.6. The summed E-state index contributed by atoms with van der Waals surface area (Å²) in [6.07, 6.45) is 0.592. The lowest BCUT2D eigenvalue weighted by Gasteiger charge is -2.26. The van der Waals surface area contributed by atoms with E-state index in [9.17, 15) is 14.0 Å². The van der Waals surface area contributed by atoms with Crippen LogP contribution >= 0.6 is 22.6 Å². The fourth-order valence-electron chi connectivity index (χ4n) is 3.82. The fraction of sp³-hybridized carbons (Fsp3) is 0.333. The number of allylic oxidation sites excluding steroid dienone is 2. The van der Waals surface area contributed by atoms with E-state index in [0.29, 0.717) is 26.9 Å². The van der Waals surface area contributed by atoms with Crippen molar-refractivity contribution in [1.82, 2.24) is 9.78 Å². The summed E-state index contributed by atoms with van der Waals surface area (Å²) >= 11 is 1.93. The van der Waals surface area contributed by atoms with Gasteiger partial charge in [0.1, 0.15) is 11.6 Å². The first-order valence-electron chi connectivity index (χ1n) is 7.99.